The largest absolute Gasteiger partial charge is 0.310 e. The van der Waals surface area contributed by atoms with Crippen molar-refractivity contribution in [3.8, 4) is 5.69 Å². The van der Waals surface area contributed by atoms with Gasteiger partial charge < -0.3 is 4.67 Å². The summed E-state index contributed by atoms with van der Waals surface area (Å²) in [6, 6.07) is 17.2. The Kier molecular flexibility index (Phi) is 5.52. The van der Waals surface area contributed by atoms with Gasteiger partial charge in [0.1, 0.15) is 18.0 Å². The van der Waals surface area contributed by atoms with Crippen LogP contribution in [0.3, 0.4) is 0 Å². The molecular weight excluding hydrogens is 440 g/mol. The van der Waals surface area contributed by atoms with Crippen LogP contribution in [0, 0.1) is 12.7 Å². The minimum absolute atomic E-state index is 0.274. The first-order valence-electron chi connectivity index (χ1n) is 11.1. The van der Waals surface area contributed by atoms with Crippen LogP contribution >= 0.6 is 6.34 Å². The average Bonchev–Trinajstić information content (AvgIpc) is 3.57. The Balaban J connectivity index is 1.85. The number of rotatable bonds is 6. The first-order chi connectivity index (χ1) is 15.5. The molecule has 166 valence electrons. The summed E-state index contributed by atoms with van der Waals surface area (Å²) in [5, 5.41) is 5.93. The third-order valence-corrected chi connectivity index (χ3v) is 11.4. The summed E-state index contributed by atoms with van der Waals surface area (Å²) < 4.78 is 21.6. The predicted octanol–water partition coefficient (Wildman–Crippen LogP) is 5.15. The van der Waals surface area contributed by atoms with Crippen molar-refractivity contribution in [3.05, 3.63) is 71.7 Å². The Labute approximate surface area is 193 Å². The van der Waals surface area contributed by atoms with E-state index in [0.29, 0.717) is 11.4 Å². The van der Waals surface area contributed by atoms with Crippen molar-refractivity contribution in [2.45, 2.75) is 39.7 Å². The van der Waals surface area contributed by atoms with E-state index in [1.165, 1.54) is 6.07 Å². The highest BCUT2D eigenvalue weighted by molar-refractivity contribution is 8.16. The van der Waals surface area contributed by atoms with Gasteiger partial charge in [0.2, 0.25) is 0 Å². The number of aliphatic imine (C=N–C) groups is 1. The standard InChI is InChI=1S/C24H27FN5PS/c1-4-28(5-2)31(32)22-17(3)27-29(18-11-7-6-8-12-18)24(22)26-23(30(31)19-15-16-19)20-13-9-10-14-21(20)25/h6-14,19H,4-5,15-16H2,1-3H3/t31-/m0/s1. The summed E-state index contributed by atoms with van der Waals surface area (Å²) in [5.74, 6) is 1.11. The number of hydrogen-bond donors (Lipinski definition) is 0. The van der Waals surface area contributed by atoms with Gasteiger partial charge in [-0.3, -0.25) is 4.67 Å². The van der Waals surface area contributed by atoms with Crippen LogP contribution in [-0.2, 0) is 11.8 Å². The summed E-state index contributed by atoms with van der Waals surface area (Å²) in [7, 11) is 0. The molecule has 3 aromatic rings. The maximum absolute atomic E-state index is 15.1. The monoisotopic (exact) mass is 467 g/mol. The fourth-order valence-corrected chi connectivity index (χ4v) is 9.97. The normalized spacial score (nSPS) is 20.4. The summed E-state index contributed by atoms with van der Waals surface area (Å²) in [6.07, 6.45) is -0.377. The number of hydrogen-bond acceptors (Lipinski definition) is 3. The topological polar surface area (TPSA) is 36.7 Å². The van der Waals surface area contributed by atoms with E-state index in [2.05, 4.69) is 23.2 Å². The molecule has 1 aliphatic carbocycles. The van der Waals surface area contributed by atoms with Crippen LogP contribution in [0.2, 0.25) is 0 Å². The molecule has 2 aromatic carbocycles. The summed E-state index contributed by atoms with van der Waals surface area (Å²) >= 11 is 6.64. The molecule has 2 heterocycles. The lowest BCUT2D eigenvalue weighted by Gasteiger charge is -2.46. The first kappa shape index (κ1) is 21.5. The van der Waals surface area contributed by atoms with Crippen LogP contribution in [0.15, 0.2) is 59.6 Å². The van der Waals surface area contributed by atoms with Crippen LogP contribution in [0.4, 0.5) is 10.2 Å². The molecule has 1 saturated carbocycles. The molecule has 5 rings (SSSR count). The van der Waals surface area contributed by atoms with Crippen LogP contribution < -0.4 is 5.30 Å². The Bertz CT molecular complexity index is 1230. The van der Waals surface area contributed by atoms with Gasteiger partial charge in [0.25, 0.3) is 0 Å². The van der Waals surface area contributed by atoms with Crippen molar-refractivity contribution in [2.75, 3.05) is 13.1 Å². The van der Waals surface area contributed by atoms with Gasteiger partial charge >= 0.3 is 0 Å². The lowest BCUT2D eigenvalue weighted by Crippen LogP contribution is -2.44. The van der Waals surface area contributed by atoms with E-state index >= 15 is 4.39 Å². The summed E-state index contributed by atoms with van der Waals surface area (Å²) in [5.41, 5.74) is 2.33. The molecule has 32 heavy (non-hydrogen) atoms. The van der Waals surface area contributed by atoms with Gasteiger partial charge in [0, 0.05) is 19.1 Å². The molecule has 1 fully saturated rings. The zero-order valence-corrected chi connectivity index (χ0v) is 20.3. The van der Waals surface area contributed by atoms with Gasteiger partial charge in [-0.15, -0.1) is 0 Å². The van der Waals surface area contributed by atoms with Gasteiger partial charge in [-0.2, -0.15) is 5.10 Å². The fraction of sp³-hybridized carbons (Fsp3) is 0.333. The molecule has 0 amide bonds. The third kappa shape index (κ3) is 3.26. The van der Waals surface area contributed by atoms with Crippen LogP contribution in [0.25, 0.3) is 5.69 Å². The van der Waals surface area contributed by atoms with Crippen molar-refractivity contribution < 1.29 is 4.39 Å². The number of aromatic nitrogens is 2. The zero-order chi connectivity index (χ0) is 22.5. The van der Waals surface area contributed by atoms with Crippen molar-refractivity contribution in [1.82, 2.24) is 19.1 Å². The second-order valence-electron chi connectivity index (χ2n) is 8.18. The lowest BCUT2D eigenvalue weighted by molar-refractivity contribution is 0.470. The van der Waals surface area contributed by atoms with Crippen LogP contribution in [-0.4, -0.2) is 44.1 Å². The Morgan fingerprint density at radius 1 is 1.06 bits per heavy atom. The van der Waals surface area contributed by atoms with Gasteiger partial charge in [-0.05, 0) is 44.0 Å². The van der Waals surface area contributed by atoms with E-state index in [4.69, 9.17) is 21.9 Å². The quantitative estimate of drug-likeness (QED) is 0.470. The van der Waals surface area contributed by atoms with Gasteiger partial charge in [0.05, 0.1) is 22.2 Å². The fourth-order valence-electron chi connectivity index (χ4n) is 4.51. The number of halogens is 1. The van der Waals surface area contributed by atoms with Crippen molar-refractivity contribution in [1.29, 1.82) is 0 Å². The highest BCUT2D eigenvalue weighted by atomic mass is 32.4. The molecule has 8 heteroatoms. The highest BCUT2D eigenvalue weighted by Crippen LogP contribution is 2.61. The van der Waals surface area contributed by atoms with Crippen molar-refractivity contribution >= 4 is 35.1 Å². The Morgan fingerprint density at radius 2 is 1.72 bits per heavy atom. The molecular formula is C24H27FN5PS. The Hall–Kier alpha value is -2.34. The number of para-hydroxylation sites is 1. The van der Waals surface area contributed by atoms with Crippen LogP contribution in [0.1, 0.15) is 37.9 Å². The van der Waals surface area contributed by atoms with Crippen molar-refractivity contribution in [3.63, 3.8) is 0 Å². The van der Waals surface area contributed by atoms with E-state index in [9.17, 15) is 0 Å². The minimum Gasteiger partial charge on any atom is -0.310 e. The number of fused-ring (bicyclic) bond motifs is 1. The molecule has 1 aromatic heterocycles. The Morgan fingerprint density at radius 3 is 2.34 bits per heavy atom. The molecule has 0 radical (unpaired) electrons. The summed E-state index contributed by atoms with van der Waals surface area (Å²) in [4.78, 5) is 5.10. The maximum atomic E-state index is 15.1. The number of amidine groups is 1. The average molecular weight is 468 g/mol. The first-order valence-corrected chi connectivity index (χ1v) is 13.9. The SMILES string of the molecule is CCN(CC)[P@@]1(=S)c2c(C)nn(-c3ccccc3)c2N=C(c2ccccc2F)N1C1CC1. The molecule has 0 spiro atoms. The molecule has 0 saturated heterocycles. The van der Waals surface area contributed by atoms with Gasteiger partial charge in [0.15, 0.2) is 5.82 Å². The van der Waals surface area contributed by atoms with Crippen molar-refractivity contribution in [2.24, 2.45) is 4.99 Å². The van der Waals surface area contributed by atoms with E-state index in [1.807, 2.05) is 54.1 Å². The van der Waals surface area contributed by atoms with Gasteiger partial charge in [-0.1, -0.05) is 56.0 Å². The molecule has 5 nitrogen and oxygen atoms in total. The summed E-state index contributed by atoms with van der Waals surface area (Å²) in [6.45, 7) is 7.95. The molecule has 0 bridgehead atoms. The van der Waals surface area contributed by atoms with E-state index < -0.39 is 6.34 Å². The molecule has 1 atom stereocenters. The predicted molar refractivity (Wildman–Crippen MR) is 133 cm³/mol. The highest BCUT2D eigenvalue weighted by Gasteiger charge is 2.49. The molecule has 1 aliphatic heterocycles. The maximum Gasteiger partial charge on any atom is 0.169 e. The second kappa shape index (κ2) is 8.22. The second-order valence-corrected chi connectivity index (χ2v) is 12.2. The van der Waals surface area contributed by atoms with E-state index in [1.54, 1.807) is 6.07 Å². The lowest BCUT2D eigenvalue weighted by atomic mass is 10.2. The molecule has 0 unspecified atom stereocenters. The minimum atomic E-state index is -2.48. The number of benzene rings is 2. The van der Waals surface area contributed by atoms with E-state index in [0.717, 1.165) is 48.4 Å². The number of nitrogens with zero attached hydrogens (tertiary/aromatic N) is 5. The van der Waals surface area contributed by atoms with E-state index in [-0.39, 0.29) is 11.9 Å². The molecule has 0 N–H and O–H groups in total. The smallest absolute Gasteiger partial charge is 0.169 e. The number of aryl methyl sites for hydroxylation is 1. The van der Waals surface area contributed by atoms with Crippen LogP contribution in [0.5, 0.6) is 0 Å². The molecule has 2 aliphatic rings. The van der Waals surface area contributed by atoms with Gasteiger partial charge in [-0.25, -0.2) is 14.1 Å². The third-order valence-electron chi connectivity index (χ3n) is 6.14. The zero-order valence-electron chi connectivity index (χ0n) is 18.6.